The highest BCUT2D eigenvalue weighted by molar-refractivity contribution is 6.12. The third-order valence-electron chi connectivity index (χ3n) is 2.16. The summed E-state index contributed by atoms with van der Waals surface area (Å²) in [5.74, 6) is 0.235. The first-order valence-electron chi connectivity index (χ1n) is 4.55. The van der Waals surface area contributed by atoms with Gasteiger partial charge in [-0.3, -0.25) is 0 Å². The number of rotatable bonds is 1. The molecule has 0 saturated carbocycles. The first kappa shape index (κ1) is 10.00. The molecule has 0 bridgehead atoms. The molecule has 0 spiro atoms. The Hall–Kier alpha value is -0.0851. The van der Waals surface area contributed by atoms with Crippen LogP contribution in [-0.4, -0.2) is 38.1 Å². The van der Waals surface area contributed by atoms with Gasteiger partial charge in [-0.2, -0.15) is 0 Å². The summed E-state index contributed by atoms with van der Waals surface area (Å²) in [6.45, 7) is 6.66. The number of halogens is 1. The van der Waals surface area contributed by atoms with Gasteiger partial charge in [0.15, 0.2) is 0 Å². The van der Waals surface area contributed by atoms with E-state index in [0.717, 1.165) is 0 Å². The van der Waals surface area contributed by atoms with E-state index in [2.05, 4.69) is 31.4 Å². The summed E-state index contributed by atoms with van der Waals surface area (Å²) in [6.07, 6.45) is -0.751. The Bertz CT molecular complexity index is 148. The molecule has 70 valence electrons. The van der Waals surface area contributed by atoms with Crippen molar-refractivity contribution in [3.05, 3.63) is 0 Å². The van der Waals surface area contributed by atoms with Crippen molar-refractivity contribution in [3.63, 3.8) is 0 Å². The Balaban J connectivity index is 2.50. The molecule has 1 saturated heterocycles. The molecule has 0 aromatic carbocycles. The van der Waals surface area contributed by atoms with Gasteiger partial charge in [-0.1, -0.05) is 0 Å². The molecule has 1 rings (SSSR count). The molecule has 1 aliphatic heterocycles. The van der Waals surface area contributed by atoms with Crippen LogP contribution in [-0.2, 0) is 0 Å². The fourth-order valence-electron chi connectivity index (χ4n) is 1.58. The summed E-state index contributed by atoms with van der Waals surface area (Å²) in [4.78, 5) is 0. The van der Waals surface area contributed by atoms with E-state index in [1.54, 1.807) is 0 Å². The Morgan fingerprint density at radius 1 is 1.50 bits per heavy atom. The van der Waals surface area contributed by atoms with Gasteiger partial charge in [0.2, 0.25) is 0 Å². The van der Waals surface area contributed by atoms with Gasteiger partial charge in [-0.15, -0.1) is 0 Å². The van der Waals surface area contributed by atoms with Gasteiger partial charge in [0.1, 0.15) is 14.0 Å². The lowest BCUT2D eigenvalue weighted by Crippen LogP contribution is -2.52. The van der Waals surface area contributed by atoms with Gasteiger partial charge in [0, 0.05) is 18.1 Å². The summed E-state index contributed by atoms with van der Waals surface area (Å²) in [5, 5.41) is 6.38. The summed E-state index contributed by atoms with van der Waals surface area (Å²) in [5.41, 5.74) is -0.00468. The van der Waals surface area contributed by atoms with Gasteiger partial charge >= 0.3 is 0 Å². The lowest BCUT2D eigenvalue weighted by molar-refractivity contribution is 0.252. The highest BCUT2D eigenvalue weighted by Gasteiger charge is 2.34. The Morgan fingerprint density at radius 3 is 2.42 bits per heavy atom. The molecule has 2 N–H and O–H groups in total. The molecule has 1 heterocycles. The van der Waals surface area contributed by atoms with Crippen LogP contribution in [0.2, 0.25) is 0 Å². The molecule has 0 aromatic rings. The first-order valence-corrected chi connectivity index (χ1v) is 4.55. The van der Waals surface area contributed by atoms with Gasteiger partial charge in [0.25, 0.3) is 0 Å². The number of nitrogens with one attached hydrogen (secondary N) is 2. The third kappa shape index (κ3) is 2.46. The van der Waals surface area contributed by atoms with Crippen molar-refractivity contribution >= 4 is 7.85 Å². The van der Waals surface area contributed by atoms with Gasteiger partial charge in [-0.05, 0) is 26.7 Å². The average molecular weight is 172 g/mol. The van der Waals surface area contributed by atoms with Gasteiger partial charge in [0.05, 0.1) is 0 Å². The van der Waals surface area contributed by atoms with Crippen LogP contribution >= 0.6 is 0 Å². The molecule has 0 aliphatic carbocycles. The normalized spacial score (nSPS) is 37.2. The van der Waals surface area contributed by atoms with Crippen molar-refractivity contribution in [2.75, 3.05) is 6.54 Å². The fraction of sp³-hybridized carbons (Fsp3) is 1.00. The molecule has 3 atom stereocenters. The summed E-state index contributed by atoms with van der Waals surface area (Å²) in [7, 11) is 2.02. The predicted octanol–water partition coefficient (Wildman–Crippen LogP) is -0.356. The Morgan fingerprint density at radius 2 is 2.08 bits per heavy atom. The molecule has 3 unspecified atom stereocenters. The molecule has 1 aliphatic rings. The number of alkyl halides is 1. The van der Waals surface area contributed by atoms with Crippen molar-refractivity contribution in [1.82, 2.24) is 10.6 Å². The minimum Gasteiger partial charge on any atom is -0.317 e. The van der Waals surface area contributed by atoms with Crippen molar-refractivity contribution in [2.45, 2.75) is 44.5 Å². The maximum Gasteiger partial charge on any atom is 0.128 e. The highest BCUT2D eigenvalue weighted by atomic mass is 19.1. The van der Waals surface area contributed by atoms with Crippen LogP contribution in [0.3, 0.4) is 0 Å². The zero-order chi connectivity index (χ0) is 9.35. The summed E-state index contributed by atoms with van der Waals surface area (Å²) >= 11 is 0. The molecule has 12 heavy (non-hydrogen) atoms. The summed E-state index contributed by atoms with van der Waals surface area (Å²) in [6, 6.07) is -0.0370. The molecule has 0 radical (unpaired) electrons. The smallest absolute Gasteiger partial charge is 0.128 e. The van der Waals surface area contributed by atoms with Crippen LogP contribution in [0.15, 0.2) is 0 Å². The van der Waals surface area contributed by atoms with Crippen LogP contribution in [0.4, 0.5) is 4.39 Å². The van der Waals surface area contributed by atoms with Crippen molar-refractivity contribution in [1.29, 1.82) is 0 Å². The van der Waals surface area contributed by atoms with Gasteiger partial charge in [-0.25, -0.2) is 4.39 Å². The molecular weight excluding hydrogens is 154 g/mol. The zero-order valence-electron chi connectivity index (χ0n) is 8.32. The third-order valence-corrected chi connectivity index (χ3v) is 2.16. The predicted molar refractivity (Wildman–Crippen MR) is 51.9 cm³/mol. The highest BCUT2D eigenvalue weighted by Crippen LogP contribution is 2.13. The lowest BCUT2D eigenvalue weighted by Gasteiger charge is -2.29. The maximum atomic E-state index is 13.2. The molecular formula is C8H18BFN2. The number of hydrogen-bond donors (Lipinski definition) is 2. The van der Waals surface area contributed by atoms with Crippen LogP contribution in [0, 0.1) is 0 Å². The lowest BCUT2D eigenvalue weighted by atomic mass is 9.88. The largest absolute Gasteiger partial charge is 0.317 e. The van der Waals surface area contributed by atoms with E-state index >= 15 is 0 Å². The second-order valence-electron chi connectivity index (χ2n) is 4.63. The molecule has 0 aromatic heterocycles. The van der Waals surface area contributed by atoms with Crippen LogP contribution < -0.4 is 10.6 Å². The molecule has 1 fully saturated rings. The molecule has 0 amide bonds. The summed E-state index contributed by atoms with van der Waals surface area (Å²) < 4.78 is 13.2. The fourth-order valence-corrected chi connectivity index (χ4v) is 1.58. The Kier molecular flexibility index (Phi) is 2.79. The topological polar surface area (TPSA) is 24.1 Å². The average Bonchev–Trinajstić information content (AvgIpc) is 2.16. The second kappa shape index (κ2) is 3.34. The maximum absolute atomic E-state index is 13.2. The first-order chi connectivity index (χ1) is 5.40. The van der Waals surface area contributed by atoms with Crippen LogP contribution in [0.1, 0.15) is 20.8 Å². The molecule has 4 heteroatoms. The quantitative estimate of drug-likeness (QED) is 0.528. The number of hydrogen-bond acceptors (Lipinski definition) is 2. The van der Waals surface area contributed by atoms with E-state index in [1.165, 1.54) is 0 Å². The van der Waals surface area contributed by atoms with E-state index in [1.807, 2.05) is 7.85 Å². The Labute approximate surface area is 74.7 Å². The monoisotopic (exact) mass is 172 g/mol. The van der Waals surface area contributed by atoms with E-state index in [-0.39, 0.29) is 17.5 Å². The molecule has 2 nitrogen and oxygen atoms in total. The van der Waals surface area contributed by atoms with Crippen molar-refractivity contribution in [2.24, 2.45) is 0 Å². The van der Waals surface area contributed by atoms with E-state index in [4.69, 9.17) is 0 Å². The minimum atomic E-state index is -0.751. The van der Waals surface area contributed by atoms with Crippen molar-refractivity contribution in [3.8, 4) is 0 Å². The van der Waals surface area contributed by atoms with E-state index < -0.39 is 6.17 Å². The standard InChI is InChI=1S/C8H18BFN2/c1-8(2,3)12-6-5(10)4-11-7(6)9/h5-7,11-12H,4,9H2,1-3H3. The van der Waals surface area contributed by atoms with Gasteiger partial charge < -0.3 is 10.6 Å². The van der Waals surface area contributed by atoms with E-state index in [9.17, 15) is 4.39 Å². The second-order valence-corrected chi connectivity index (χ2v) is 4.63. The minimum absolute atomic E-state index is 0.00468. The SMILES string of the molecule is BC1NCC(F)C1NC(C)(C)C. The van der Waals surface area contributed by atoms with Crippen molar-refractivity contribution < 1.29 is 4.39 Å². The van der Waals surface area contributed by atoms with Crippen LogP contribution in [0.5, 0.6) is 0 Å². The van der Waals surface area contributed by atoms with E-state index in [0.29, 0.717) is 6.54 Å². The van der Waals surface area contributed by atoms with Crippen LogP contribution in [0.25, 0.3) is 0 Å². The zero-order valence-corrected chi connectivity index (χ0v) is 8.32.